The normalized spacial score (nSPS) is 11.6. The molecule has 2 N–H and O–H groups in total. The van der Waals surface area contributed by atoms with Gasteiger partial charge in [-0.1, -0.05) is 60.7 Å². The largest absolute Gasteiger partial charge is 0.330 e. The van der Waals surface area contributed by atoms with Crippen molar-refractivity contribution in [1.29, 1.82) is 0 Å². The highest BCUT2D eigenvalue weighted by atomic mass is 35.5. The van der Waals surface area contributed by atoms with E-state index in [0.717, 1.165) is 19.4 Å². The summed E-state index contributed by atoms with van der Waals surface area (Å²) in [6, 6.07) is 21.3. The van der Waals surface area contributed by atoms with E-state index in [1.54, 1.807) is 0 Å². The van der Waals surface area contributed by atoms with E-state index in [0.29, 0.717) is 5.92 Å². The number of hydrogen-bond acceptors (Lipinski definition) is 1. The summed E-state index contributed by atoms with van der Waals surface area (Å²) in [4.78, 5) is 0. The van der Waals surface area contributed by atoms with Gasteiger partial charge in [-0.15, -0.1) is 12.4 Å². The molecule has 2 heteroatoms. The van der Waals surface area contributed by atoms with E-state index >= 15 is 0 Å². The van der Waals surface area contributed by atoms with Crippen molar-refractivity contribution in [1.82, 2.24) is 0 Å². The highest BCUT2D eigenvalue weighted by molar-refractivity contribution is 5.85. The van der Waals surface area contributed by atoms with Crippen LogP contribution in [0.5, 0.6) is 0 Å². The molecule has 0 aliphatic carbocycles. The maximum atomic E-state index is 5.72. The number of halogens is 1. The van der Waals surface area contributed by atoms with Crippen LogP contribution < -0.4 is 5.73 Å². The fourth-order valence-corrected chi connectivity index (χ4v) is 2.21. The van der Waals surface area contributed by atoms with Gasteiger partial charge in [0.15, 0.2) is 0 Å². The van der Waals surface area contributed by atoms with Gasteiger partial charge in [-0.2, -0.15) is 0 Å². The fraction of sp³-hybridized carbons (Fsp3) is 0.250. The third-order valence-corrected chi connectivity index (χ3v) is 3.11. The van der Waals surface area contributed by atoms with Gasteiger partial charge in [0.1, 0.15) is 0 Å². The lowest BCUT2D eigenvalue weighted by atomic mass is 9.89. The van der Waals surface area contributed by atoms with Crippen molar-refractivity contribution in [3.05, 3.63) is 71.8 Å². The Labute approximate surface area is 115 Å². The van der Waals surface area contributed by atoms with Gasteiger partial charge in [0.25, 0.3) is 0 Å². The van der Waals surface area contributed by atoms with Crippen molar-refractivity contribution in [3.63, 3.8) is 0 Å². The van der Waals surface area contributed by atoms with Crippen LogP contribution in [-0.2, 0) is 6.42 Å². The summed E-state index contributed by atoms with van der Waals surface area (Å²) >= 11 is 0. The Morgan fingerprint density at radius 1 is 0.833 bits per heavy atom. The molecule has 0 aliphatic heterocycles. The van der Waals surface area contributed by atoms with Crippen LogP contribution in [0.4, 0.5) is 0 Å². The van der Waals surface area contributed by atoms with Crippen molar-refractivity contribution in [3.8, 4) is 0 Å². The number of rotatable bonds is 5. The fourth-order valence-electron chi connectivity index (χ4n) is 2.21. The van der Waals surface area contributed by atoms with Crippen LogP contribution in [0, 0.1) is 0 Å². The van der Waals surface area contributed by atoms with E-state index in [2.05, 4.69) is 60.7 Å². The van der Waals surface area contributed by atoms with E-state index in [1.807, 2.05) is 0 Å². The molecule has 0 heterocycles. The minimum atomic E-state index is 0. The van der Waals surface area contributed by atoms with Crippen LogP contribution in [0.3, 0.4) is 0 Å². The summed E-state index contributed by atoms with van der Waals surface area (Å²) in [6.07, 6.45) is 2.11. The first kappa shape index (κ1) is 14.7. The summed E-state index contributed by atoms with van der Waals surface area (Å²) in [5.41, 5.74) is 8.50. The lowest BCUT2D eigenvalue weighted by molar-refractivity contribution is 0.630. The van der Waals surface area contributed by atoms with Gasteiger partial charge in [0.2, 0.25) is 0 Å². The van der Waals surface area contributed by atoms with Gasteiger partial charge >= 0.3 is 0 Å². The summed E-state index contributed by atoms with van der Waals surface area (Å²) in [6.45, 7) is 0.742. The molecule has 0 amide bonds. The maximum Gasteiger partial charge on any atom is -0.00713 e. The number of benzene rings is 2. The molecule has 2 aromatic carbocycles. The first-order valence-corrected chi connectivity index (χ1v) is 6.19. The number of nitrogens with two attached hydrogens (primary N) is 1. The zero-order valence-corrected chi connectivity index (χ0v) is 11.3. The van der Waals surface area contributed by atoms with Gasteiger partial charge < -0.3 is 5.73 Å². The first-order chi connectivity index (χ1) is 8.40. The average molecular weight is 262 g/mol. The van der Waals surface area contributed by atoms with Crippen molar-refractivity contribution in [2.24, 2.45) is 5.73 Å². The van der Waals surface area contributed by atoms with Gasteiger partial charge in [-0.05, 0) is 36.4 Å². The van der Waals surface area contributed by atoms with Crippen LogP contribution in [0.2, 0.25) is 0 Å². The van der Waals surface area contributed by atoms with E-state index in [9.17, 15) is 0 Å². The minimum Gasteiger partial charge on any atom is -0.330 e. The topological polar surface area (TPSA) is 26.0 Å². The molecule has 0 aromatic heterocycles. The van der Waals surface area contributed by atoms with E-state index in [4.69, 9.17) is 5.73 Å². The van der Waals surface area contributed by atoms with Crippen LogP contribution in [0.15, 0.2) is 60.7 Å². The monoisotopic (exact) mass is 261 g/mol. The van der Waals surface area contributed by atoms with Crippen molar-refractivity contribution in [2.45, 2.75) is 18.8 Å². The number of hydrogen-bond donors (Lipinski definition) is 1. The molecule has 1 unspecified atom stereocenters. The van der Waals surface area contributed by atoms with E-state index in [-0.39, 0.29) is 12.4 Å². The van der Waals surface area contributed by atoms with Crippen molar-refractivity contribution in [2.75, 3.05) is 6.54 Å². The SMILES string of the molecule is Cl.NCCC(Cc1ccccc1)c1ccccc1. The van der Waals surface area contributed by atoms with Crippen LogP contribution in [0.25, 0.3) is 0 Å². The summed E-state index contributed by atoms with van der Waals surface area (Å²) in [5.74, 6) is 0.531. The standard InChI is InChI=1S/C16H19N.ClH/c17-12-11-16(15-9-5-2-6-10-15)13-14-7-3-1-4-8-14;/h1-10,16H,11-13,17H2;1H. The molecule has 0 saturated carbocycles. The van der Waals surface area contributed by atoms with Crippen LogP contribution >= 0.6 is 12.4 Å². The molecule has 2 rings (SSSR count). The van der Waals surface area contributed by atoms with Crippen molar-refractivity contribution < 1.29 is 0 Å². The zero-order valence-electron chi connectivity index (χ0n) is 10.5. The molecule has 2 aromatic rings. The highest BCUT2D eigenvalue weighted by Crippen LogP contribution is 2.23. The zero-order chi connectivity index (χ0) is 11.9. The van der Waals surface area contributed by atoms with Gasteiger partial charge in [0.05, 0.1) is 0 Å². The highest BCUT2D eigenvalue weighted by Gasteiger charge is 2.10. The van der Waals surface area contributed by atoms with E-state index < -0.39 is 0 Å². The second-order valence-corrected chi connectivity index (χ2v) is 4.37. The van der Waals surface area contributed by atoms with Crippen LogP contribution in [-0.4, -0.2) is 6.54 Å². The Bertz CT molecular complexity index is 427. The third kappa shape index (κ3) is 4.17. The molecule has 1 atom stereocenters. The predicted octanol–water partition coefficient (Wildman–Crippen LogP) is 3.78. The molecule has 0 saturated heterocycles. The Balaban J connectivity index is 0.00000162. The van der Waals surface area contributed by atoms with E-state index in [1.165, 1.54) is 11.1 Å². The van der Waals surface area contributed by atoms with Crippen LogP contribution in [0.1, 0.15) is 23.5 Å². The molecule has 1 nitrogen and oxygen atoms in total. The van der Waals surface area contributed by atoms with Crippen molar-refractivity contribution >= 4 is 12.4 Å². The van der Waals surface area contributed by atoms with Gasteiger partial charge in [-0.25, -0.2) is 0 Å². The Kier molecular flexibility index (Phi) is 6.48. The Morgan fingerprint density at radius 2 is 1.39 bits per heavy atom. The third-order valence-electron chi connectivity index (χ3n) is 3.11. The summed E-state index contributed by atoms with van der Waals surface area (Å²) in [5, 5.41) is 0. The smallest absolute Gasteiger partial charge is 0.00713 e. The molecule has 0 aliphatic rings. The first-order valence-electron chi connectivity index (χ1n) is 6.19. The molecule has 0 radical (unpaired) electrons. The summed E-state index contributed by atoms with van der Waals surface area (Å²) in [7, 11) is 0. The molecule has 18 heavy (non-hydrogen) atoms. The maximum absolute atomic E-state index is 5.72. The molecule has 0 fully saturated rings. The minimum absolute atomic E-state index is 0. The quantitative estimate of drug-likeness (QED) is 0.871. The average Bonchev–Trinajstić information content (AvgIpc) is 2.40. The van der Waals surface area contributed by atoms with Gasteiger partial charge in [0, 0.05) is 0 Å². The molecular weight excluding hydrogens is 242 g/mol. The lowest BCUT2D eigenvalue weighted by Gasteiger charge is -2.16. The molecule has 0 bridgehead atoms. The molecular formula is C16H20ClN. The lowest BCUT2D eigenvalue weighted by Crippen LogP contribution is -2.09. The van der Waals surface area contributed by atoms with Gasteiger partial charge in [-0.3, -0.25) is 0 Å². The molecule has 96 valence electrons. The summed E-state index contributed by atoms with van der Waals surface area (Å²) < 4.78 is 0. The second-order valence-electron chi connectivity index (χ2n) is 4.37. The Hall–Kier alpha value is -1.31. The second kappa shape index (κ2) is 7.91. The molecule has 0 spiro atoms. The Morgan fingerprint density at radius 3 is 1.94 bits per heavy atom. The predicted molar refractivity (Wildman–Crippen MR) is 80.2 cm³/mol.